The van der Waals surface area contributed by atoms with E-state index in [0.717, 1.165) is 0 Å². The van der Waals surface area contributed by atoms with E-state index >= 15 is 0 Å². The van der Waals surface area contributed by atoms with E-state index in [1.807, 2.05) is 0 Å². The lowest BCUT2D eigenvalue weighted by atomic mass is 9.73. The molecule has 15 heavy (non-hydrogen) atoms. The van der Waals surface area contributed by atoms with Crippen LogP contribution >= 0.6 is 0 Å². The summed E-state index contributed by atoms with van der Waals surface area (Å²) < 4.78 is 5.22. The number of hydrogen-bond acceptors (Lipinski definition) is 6. The van der Waals surface area contributed by atoms with Crippen molar-refractivity contribution in [1.82, 2.24) is 0 Å². The summed E-state index contributed by atoms with van der Waals surface area (Å²) in [6, 6.07) is 0. The number of aliphatic hydroxyl groups excluding tert-OH is 5. The average molecular weight is 220 g/mol. The molecular weight excluding hydrogens is 204 g/mol. The molecule has 2 rings (SSSR count). The fraction of sp³-hybridized carbons (Fsp3) is 1.00. The smallest absolute Gasteiger partial charge is 0.154 e. The molecule has 1 spiro atoms. The molecular formula is C9H16O6. The van der Waals surface area contributed by atoms with Crippen molar-refractivity contribution in [3.05, 3.63) is 0 Å². The number of hydrogen-bond donors (Lipinski definition) is 5. The monoisotopic (exact) mass is 220 g/mol. The molecule has 88 valence electrons. The van der Waals surface area contributed by atoms with Crippen LogP contribution in [0.3, 0.4) is 0 Å². The Balaban J connectivity index is 2.33. The molecule has 0 aromatic heterocycles. The zero-order chi connectivity index (χ0) is 11.6. The molecule has 0 bridgehead atoms. The first kappa shape index (κ1) is 11.3. The average Bonchev–Trinajstić information content (AvgIpc) is 2.75. The fourth-order valence-electron chi connectivity index (χ4n) is 2.49. The molecule has 6 heteroatoms. The van der Waals surface area contributed by atoms with Gasteiger partial charge in [0.1, 0.15) is 30.5 Å². The molecule has 0 aromatic carbocycles. The van der Waals surface area contributed by atoms with Gasteiger partial charge < -0.3 is 30.3 Å². The van der Waals surface area contributed by atoms with Crippen LogP contribution in [-0.2, 0) is 4.74 Å². The largest absolute Gasteiger partial charge is 0.387 e. The Bertz CT molecular complexity index is 262. The summed E-state index contributed by atoms with van der Waals surface area (Å²) in [5.74, 6) is 0. The van der Waals surface area contributed by atoms with Gasteiger partial charge in [0.05, 0.1) is 5.60 Å². The first-order valence-electron chi connectivity index (χ1n) is 4.86. The van der Waals surface area contributed by atoms with Crippen molar-refractivity contribution < 1.29 is 30.3 Å². The molecule has 0 radical (unpaired) electrons. The van der Waals surface area contributed by atoms with E-state index < -0.39 is 41.7 Å². The molecule has 1 aliphatic heterocycles. The number of aliphatic hydroxyl groups is 5. The Morgan fingerprint density at radius 2 is 1.13 bits per heavy atom. The van der Waals surface area contributed by atoms with E-state index in [-0.39, 0.29) is 0 Å². The van der Waals surface area contributed by atoms with Crippen molar-refractivity contribution in [2.45, 2.75) is 55.6 Å². The second-order valence-electron chi connectivity index (χ2n) is 4.77. The molecule has 1 saturated heterocycles. The molecule has 1 saturated carbocycles. The summed E-state index contributed by atoms with van der Waals surface area (Å²) in [7, 11) is 0. The van der Waals surface area contributed by atoms with Gasteiger partial charge in [0.15, 0.2) is 5.60 Å². The standard InChI is InChI=1S/C9H16O6/c1-8(2)9(15-8)6(13)4(11)3(10)5(12)7(9)14/h3-7,10-14H,1-2H3/t3-,4-,5-,6+,7+,9+/m1/s1. The number of ether oxygens (including phenoxy) is 1. The third kappa shape index (κ3) is 1.15. The normalized spacial score (nSPS) is 58.2. The highest BCUT2D eigenvalue weighted by atomic mass is 16.7. The summed E-state index contributed by atoms with van der Waals surface area (Å²) in [6.45, 7) is 3.27. The van der Waals surface area contributed by atoms with E-state index in [1.54, 1.807) is 13.8 Å². The molecule has 4 atom stereocenters. The molecule has 2 fully saturated rings. The van der Waals surface area contributed by atoms with Crippen LogP contribution in [-0.4, -0.2) is 67.3 Å². The minimum absolute atomic E-state index is 0.825. The zero-order valence-corrected chi connectivity index (χ0v) is 8.53. The maximum absolute atomic E-state index is 9.76. The highest BCUT2D eigenvalue weighted by molar-refractivity contribution is 5.25. The van der Waals surface area contributed by atoms with Crippen LogP contribution in [0.5, 0.6) is 0 Å². The topological polar surface area (TPSA) is 114 Å². The van der Waals surface area contributed by atoms with Gasteiger partial charge >= 0.3 is 0 Å². The zero-order valence-electron chi connectivity index (χ0n) is 8.53. The van der Waals surface area contributed by atoms with Crippen molar-refractivity contribution in [3.8, 4) is 0 Å². The van der Waals surface area contributed by atoms with E-state index in [0.29, 0.717) is 0 Å². The molecule has 1 heterocycles. The highest BCUT2D eigenvalue weighted by Crippen LogP contribution is 2.56. The third-order valence-corrected chi connectivity index (χ3v) is 3.55. The summed E-state index contributed by atoms with van der Waals surface area (Å²) in [5, 5.41) is 47.8. The van der Waals surface area contributed by atoms with Crippen LogP contribution in [0, 0.1) is 0 Å². The van der Waals surface area contributed by atoms with Crippen LogP contribution < -0.4 is 0 Å². The van der Waals surface area contributed by atoms with Gasteiger partial charge in [-0.15, -0.1) is 0 Å². The van der Waals surface area contributed by atoms with Gasteiger partial charge in [-0.2, -0.15) is 0 Å². The van der Waals surface area contributed by atoms with Gasteiger partial charge in [-0.25, -0.2) is 0 Å². The van der Waals surface area contributed by atoms with E-state index in [2.05, 4.69) is 0 Å². The third-order valence-electron chi connectivity index (χ3n) is 3.55. The number of rotatable bonds is 0. The van der Waals surface area contributed by atoms with Gasteiger partial charge in [0.25, 0.3) is 0 Å². The summed E-state index contributed by atoms with van der Waals surface area (Å²) in [5.41, 5.74) is -2.21. The Hall–Kier alpha value is -0.240. The van der Waals surface area contributed by atoms with Crippen molar-refractivity contribution in [1.29, 1.82) is 0 Å². The summed E-state index contributed by atoms with van der Waals surface area (Å²) >= 11 is 0. The quantitative estimate of drug-likeness (QED) is 0.285. The van der Waals surface area contributed by atoms with Gasteiger partial charge in [-0.1, -0.05) is 0 Å². The lowest BCUT2D eigenvalue weighted by Gasteiger charge is -2.41. The maximum Gasteiger partial charge on any atom is 0.154 e. The minimum Gasteiger partial charge on any atom is -0.387 e. The lowest BCUT2D eigenvalue weighted by Crippen LogP contribution is -2.67. The Morgan fingerprint density at radius 1 is 0.800 bits per heavy atom. The van der Waals surface area contributed by atoms with Gasteiger partial charge in [0, 0.05) is 0 Å². The second kappa shape index (κ2) is 2.91. The highest BCUT2D eigenvalue weighted by Gasteiger charge is 2.77. The first-order chi connectivity index (χ1) is 6.75. The molecule has 1 aliphatic carbocycles. The van der Waals surface area contributed by atoms with E-state index in [1.165, 1.54) is 0 Å². The Kier molecular flexibility index (Phi) is 2.18. The van der Waals surface area contributed by atoms with Crippen LogP contribution in [0.25, 0.3) is 0 Å². The molecule has 0 amide bonds. The van der Waals surface area contributed by atoms with Crippen molar-refractivity contribution in [2.75, 3.05) is 0 Å². The Labute approximate surface area is 86.7 Å². The lowest BCUT2D eigenvalue weighted by molar-refractivity contribution is -0.210. The molecule has 0 aromatic rings. The van der Waals surface area contributed by atoms with E-state index in [4.69, 9.17) is 4.74 Å². The predicted molar refractivity (Wildman–Crippen MR) is 47.9 cm³/mol. The fourth-order valence-corrected chi connectivity index (χ4v) is 2.49. The van der Waals surface area contributed by atoms with Gasteiger partial charge in [-0.05, 0) is 13.8 Å². The Morgan fingerprint density at radius 3 is 1.40 bits per heavy atom. The SMILES string of the molecule is CC1(C)O[C@]12[C@@H](O)[C@H](O)[C@@H](O)[C@@H](O)[C@@H]2O. The first-order valence-corrected chi connectivity index (χ1v) is 4.86. The summed E-state index contributed by atoms with van der Waals surface area (Å²) in [6.07, 6.45) is -7.45. The minimum atomic E-state index is -1.57. The second-order valence-corrected chi connectivity index (χ2v) is 4.77. The van der Waals surface area contributed by atoms with Gasteiger partial charge in [0.2, 0.25) is 0 Å². The van der Waals surface area contributed by atoms with Crippen LogP contribution in [0.1, 0.15) is 13.8 Å². The van der Waals surface area contributed by atoms with E-state index in [9.17, 15) is 25.5 Å². The van der Waals surface area contributed by atoms with Crippen molar-refractivity contribution >= 4 is 0 Å². The molecule has 2 aliphatic rings. The number of epoxide rings is 1. The van der Waals surface area contributed by atoms with Crippen molar-refractivity contribution in [3.63, 3.8) is 0 Å². The van der Waals surface area contributed by atoms with Crippen molar-refractivity contribution in [2.24, 2.45) is 0 Å². The van der Waals surface area contributed by atoms with Crippen LogP contribution in [0.2, 0.25) is 0 Å². The molecule has 0 unspecified atom stereocenters. The van der Waals surface area contributed by atoms with Crippen LogP contribution in [0.4, 0.5) is 0 Å². The molecule has 6 nitrogen and oxygen atoms in total. The summed E-state index contributed by atoms with van der Waals surface area (Å²) in [4.78, 5) is 0. The maximum atomic E-state index is 9.76. The predicted octanol–water partition coefficient (Wildman–Crippen LogP) is -2.65. The molecule has 5 N–H and O–H groups in total. The van der Waals surface area contributed by atoms with Crippen LogP contribution in [0.15, 0.2) is 0 Å². The van der Waals surface area contributed by atoms with Gasteiger partial charge in [-0.3, -0.25) is 0 Å².